The maximum Gasteiger partial charge on any atom is 0.222 e. The summed E-state index contributed by atoms with van der Waals surface area (Å²) in [7, 11) is 0. The minimum Gasteiger partial charge on any atom is -0.347 e. The van der Waals surface area contributed by atoms with Gasteiger partial charge < -0.3 is 18.9 Å². The lowest BCUT2D eigenvalue weighted by molar-refractivity contribution is -0.187. The molecule has 2 aromatic carbocycles. The summed E-state index contributed by atoms with van der Waals surface area (Å²) < 4.78 is 13.9. The van der Waals surface area contributed by atoms with Crippen molar-refractivity contribution in [3.63, 3.8) is 0 Å². The topological polar surface area (TPSA) is 56.6 Å². The molecule has 0 radical (unpaired) electrons. The van der Waals surface area contributed by atoms with Gasteiger partial charge in [-0.3, -0.25) is 4.79 Å². The summed E-state index contributed by atoms with van der Waals surface area (Å²) in [6.45, 7) is 5.83. The molecule has 2 aliphatic heterocycles. The normalized spacial score (nSPS) is 17.1. The van der Waals surface area contributed by atoms with Crippen molar-refractivity contribution in [3.8, 4) is 22.5 Å². The summed E-state index contributed by atoms with van der Waals surface area (Å²) in [5.74, 6) is 0.768. The Morgan fingerprint density at radius 3 is 2.22 bits per heavy atom. The predicted octanol–water partition coefficient (Wildman–Crippen LogP) is 5.86. The Kier molecular flexibility index (Phi) is 8.09. The van der Waals surface area contributed by atoms with Crippen molar-refractivity contribution in [3.05, 3.63) is 60.7 Å². The number of ether oxygens (including phenoxy) is 2. The summed E-state index contributed by atoms with van der Waals surface area (Å²) in [5.41, 5.74) is 4.51. The second-order valence-corrected chi connectivity index (χ2v) is 10.4. The van der Waals surface area contributed by atoms with E-state index >= 15 is 0 Å². The molecular formula is C29H35N3O3S. The second kappa shape index (κ2) is 11.6. The molecule has 6 nitrogen and oxygen atoms in total. The van der Waals surface area contributed by atoms with Gasteiger partial charge in [-0.2, -0.15) is 0 Å². The van der Waals surface area contributed by atoms with Crippen molar-refractivity contribution < 1.29 is 14.3 Å². The quantitative estimate of drug-likeness (QED) is 0.269. The zero-order valence-corrected chi connectivity index (χ0v) is 21.8. The van der Waals surface area contributed by atoms with Crippen LogP contribution >= 0.6 is 11.8 Å². The number of thioether (sulfide) groups is 1. The Balaban J connectivity index is 1.18. The van der Waals surface area contributed by atoms with Crippen molar-refractivity contribution >= 4 is 17.7 Å². The molecule has 1 amide bonds. The van der Waals surface area contributed by atoms with Crippen molar-refractivity contribution in [2.45, 2.75) is 56.5 Å². The first kappa shape index (κ1) is 25.1. The van der Waals surface area contributed by atoms with E-state index in [1.165, 1.54) is 11.3 Å². The Bertz CT molecular complexity index is 1130. The van der Waals surface area contributed by atoms with Crippen LogP contribution in [-0.4, -0.2) is 58.2 Å². The Labute approximate surface area is 218 Å². The fourth-order valence-corrected chi connectivity index (χ4v) is 6.17. The van der Waals surface area contributed by atoms with Crippen molar-refractivity contribution in [2.75, 3.05) is 32.1 Å². The number of carbonyl (C=O) groups excluding carboxylic acids is 1. The van der Waals surface area contributed by atoms with E-state index in [1.807, 2.05) is 17.0 Å². The third-order valence-corrected chi connectivity index (χ3v) is 8.11. The molecule has 3 heterocycles. The molecule has 36 heavy (non-hydrogen) atoms. The van der Waals surface area contributed by atoms with Crippen LogP contribution in [0.2, 0.25) is 0 Å². The lowest BCUT2D eigenvalue weighted by Crippen LogP contribution is -2.47. The molecule has 0 aliphatic carbocycles. The molecule has 0 saturated carbocycles. The molecule has 0 atom stereocenters. The van der Waals surface area contributed by atoms with E-state index in [0.29, 0.717) is 19.6 Å². The zero-order chi connectivity index (χ0) is 24.8. The van der Waals surface area contributed by atoms with E-state index in [9.17, 15) is 4.79 Å². The van der Waals surface area contributed by atoms with Gasteiger partial charge in [0.15, 0.2) is 10.9 Å². The number of hydrogen-bond donors (Lipinski definition) is 0. The highest BCUT2D eigenvalue weighted by Crippen LogP contribution is 2.36. The van der Waals surface area contributed by atoms with E-state index in [1.54, 1.807) is 11.8 Å². The SMILES string of the molecule is CCn1c(SCCCCC(=O)N2CCC3(CC2)OCCO3)nc(-c2ccccc2)c1-c1ccccc1. The lowest BCUT2D eigenvalue weighted by Gasteiger charge is -2.37. The standard InChI is InChI=1S/C29H35N3O3S/c1-2-32-27(24-13-7-4-8-14-24)26(23-11-5-3-6-12-23)30-28(32)36-22-10-9-15-25(33)31-18-16-29(17-19-31)34-20-21-35-29/h3-8,11-14H,2,9-10,15-22H2,1H3. The average molecular weight is 506 g/mol. The van der Waals surface area contributed by atoms with Gasteiger partial charge in [0.2, 0.25) is 5.91 Å². The highest BCUT2D eigenvalue weighted by Gasteiger charge is 2.40. The van der Waals surface area contributed by atoms with Gasteiger partial charge in [0.25, 0.3) is 0 Å². The molecule has 2 fully saturated rings. The van der Waals surface area contributed by atoms with Crippen LogP contribution in [-0.2, 0) is 20.8 Å². The van der Waals surface area contributed by atoms with Crippen molar-refractivity contribution in [1.29, 1.82) is 0 Å². The Morgan fingerprint density at radius 1 is 0.944 bits per heavy atom. The third kappa shape index (κ3) is 5.53. The number of imidazole rings is 1. The molecule has 1 aromatic heterocycles. The minimum atomic E-state index is -0.425. The minimum absolute atomic E-state index is 0.251. The van der Waals surface area contributed by atoms with Crippen LogP contribution in [0.25, 0.3) is 22.5 Å². The van der Waals surface area contributed by atoms with E-state index in [0.717, 1.165) is 67.5 Å². The highest BCUT2D eigenvalue weighted by molar-refractivity contribution is 7.99. The average Bonchev–Trinajstić information content (AvgIpc) is 3.54. The van der Waals surface area contributed by atoms with Crippen molar-refractivity contribution in [1.82, 2.24) is 14.5 Å². The highest BCUT2D eigenvalue weighted by atomic mass is 32.2. The summed E-state index contributed by atoms with van der Waals surface area (Å²) >= 11 is 1.79. The van der Waals surface area contributed by atoms with Crippen LogP contribution in [0.15, 0.2) is 65.8 Å². The summed E-state index contributed by atoms with van der Waals surface area (Å²) in [6.07, 6.45) is 4.04. The number of benzene rings is 2. The number of piperidine rings is 1. The van der Waals surface area contributed by atoms with Crippen LogP contribution in [0.4, 0.5) is 0 Å². The first-order chi connectivity index (χ1) is 17.7. The van der Waals surface area contributed by atoms with Crippen LogP contribution in [0.1, 0.15) is 39.0 Å². The van der Waals surface area contributed by atoms with Gasteiger partial charge in [-0.25, -0.2) is 4.98 Å². The summed E-state index contributed by atoms with van der Waals surface area (Å²) in [6, 6.07) is 20.9. The molecule has 2 aliphatic rings. The molecular weight excluding hydrogens is 470 g/mol. The van der Waals surface area contributed by atoms with Gasteiger partial charge in [0, 0.05) is 55.8 Å². The Morgan fingerprint density at radius 2 is 1.58 bits per heavy atom. The number of unbranched alkanes of at least 4 members (excludes halogenated alkanes) is 1. The van der Waals surface area contributed by atoms with E-state index in [4.69, 9.17) is 14.5 Å². The molecule has 2 saturated heterocycles. The van der Waals surface area contributed by atoms with Crippen LogP contribution in [0, 0.1) is 0 Å². The maximum atomic E-state index is 12.7. The third-order valence-electron chi connectivity index (χ3n) is 7.05. The Hall–Kier alpha value is -2.61. The number of nitrogens with zero attached hydrogens (tertiary/aromatic N) is 3. The maximum absolute atomic E-state index is 12.7. The summed E-state index contributed by atoms with van der Waals surface area (Å²) in [4.78, 5) is 19.8. The number of aromatic nitrogens is 2. The fourth-order valence-electron chi connectivity index (χ4n) is 5.10. The van der Waals surface area contributed by atoms with Gasteiger partial charge in [-0.05, 0) is 19.8 Å². The largest absolute Gasteiger partial charge is 0.347 e. The number of rotatable bonds is 9. The van der Waals surface area contributed by atoms with Crippen LogP contribution < -0.4 is 0 Å². The van der Waals surface area contributed by atoms with Gasteiger partial charge in [-0.1, -0.05) is 72.4 Å². The van der Waals surface area contributed by atoms with Crippen LogP contribution in [0.5, 0.6) is 0 Å². The zero-order valence-electron chi connectivity index (χ0n) is 21.0. The number of hydrogen-bond acceptors (Lipinski definition) is 5. The number of likely N-dealkylation sites (tertiary alicyclic amines) is 1. The predicted molar refractivity (Wildman–Crippen MR) is 144 cm³/mol. The fraction of sp³-hybridized carbons (Fsp3) is 0.448. The van der Waals surface area contributed by atoms with Gasteiger partial charge in [-0.15, -0.1) is 0 Å². The second-order valence-electron chi connectivity index (χ2n) is 9.36. The summed E-state index contributed by atoms with van der Waals surface area (Å²) in [5, 5.41) is 1.04. The van der Waals surface area contributed by atoms with Gasteiger partial charge in [0.1, 0.15) is 0 Å². The molecule has 3 aromatic rings. The van der Waals surface area contributed by atoms with Gasteiger partial charge >= 0.3 is 0 Å². The molecule has 7 heteroatoms. The molecule has 0 unspecified atom stereocenters. The molecule has 5 rings (SSSR count). The number of amides is 1. The van der Waals surface area contributed by atoms with Crippen molar-refractivity contribution in [2.24, 2.45) is 0 Å². The van der Waals surface area contributed by atoms with Gasteiger partial charge in [0.05, 0.1) is 24.6 Å². The molecule has 0 bridgehead atoms. The number of carbonyl (C=O) groups is 1. The van der Waals surface area contributed by atoms with E-state index < -0.39 is 5.79 Å². The molecule has 0 N–H and O–H groups in total. The van der Waals surface area contributed by atoms with Crippen LogP contribution in [0.3, 0.4) is 0 Å². The monoisotopic (exact) mass is 505 g/mol. The lowest BCUT2D eigenvalue weighted by atomic mass is 10.0. The smallest absolute Gasteiger partial charge is 0.222 e. The van der Waals surface area contributed by atoms with E-state index in [-0.39, 0.29) is 5.91 Å². The molecule has 1 spiro atoms. The molecule has 190 valence electrons. The first-order valence-electron chi connectivity index (χ1n) is 13.1. The van der Waals surface area contributed by atoms with E-state index in [2.05, 4.69) is 60.0 Å². The first-order valence-corrected chi connectivity index (χ1v) is 14.1.